The molecule has 13 heavy (non-hydrogen) atoms. The van der Waals surface area contributed by atoms with Crippen LogP contribution in [0.15, 0.2) is 0 Å². The molecule has 0 amide bonds. The zero-order valence-electron chi connectivity index (χ0n) is 9.55. The molecule has 3 nitrogen and oxygen atoms in total. The van der Waals surface area contributed by atoms with Gasteiger partial charge in [0.1, 0.15) is 0 Å². The summed E-state index contributed by atoms with van der Waals surface area (Å²) in [5.74, 6) is 0. The number of nitrogens with zero attached hydrogens (tertiary/aromatic N) is 2. The molecule has 0 heterocycles. The summed E-state index contributed by atoms with van der Waals surface area (Å²) >= 11 is 0. The van der Waals surface area contributed by atoms with E-state index in [4.69, 9.17) is 4.94 Å². The highest BCUT2D eigenvalue weighted by atomic mass is 16.8. The predicted octanol–water partition coefficient (Wildman–Crippen LogP) is 2.30. The van der Waals surface area contributed by atoms with E-state index in [1.165, 1.54) is 0 Å². The molecule has 0 unspecified atom stereocenters. The molecule has 0 bridgehead atoms. The van der Waals surface area contributed by atoms with Crippen molar-refractivity contribution in [3.63, 3.8) is 0 Å². The molecular formula is C10H24N2O. The smallest absolute Gasteiger partial charge is 0.0257 e. The molecule has 80 valence electrons. The van der Waals surface area contributed by atoms with Crippen molar-refractivity contribution in [2.45, 2.75) is 40.5 Å². The van der Waals surface area contributed by atoms with Crippen molar-refractivity contribution in [1.29, 1.82) is 0 Å². The molecule has 0 aliphatic heterocycles. The first-order valence-corrected chi connectivity index (χ1v) is 5.46. The lowest BCUT2D eigenvalue weighted by molar-refractivity contribution is -0.322. The van der Waals surface area contributed by atoms with Gasteiger partial charge in [-0.1, -0.05) is 27.7 Å². The fourth-order valence-corrected chi connectivity index (χ4v) is 1.18. The van der Waals surface area contributed by atoms with Crippen LogP contribution >= 0.6 is 0 Å². The van der Waals surface area contributed by atoms with Gasteiger partial charge in [-0.25, -0.2) is 4.94 Å². The van der Waals surface area contributed by atoms with Crippen molar-refractivity contribution in [3.8, 4) is 0 Å². The number of hydrogen-bond donors (Lipinski definition) is 0. The van der Waals surface area contributed by atoms with Gasteiger partial charge in [-0.2, -0.15) is 10.1 Å². The number of hydroxylamine groups is 4. The molecule has 0 aliphatic carbocycles. The molecule has 0 saturated carbocycles. The van der Waals surface area contributed by atoms with Gasteiger partial charge in [0, 0.05) is 26.2 Å². The predicted molar refractivity (Wildman–Crippen MR) is 56.2 cm³/mol. The van der Waals surface area contributed by atoms with E-state index in [0.29, 0.717) is 0 Å². The van der Waals surface area contributed by atoms with Crippen molar-refractivity contribution in [2.75, 3.05) is 26.2 Å². The number of rotatable bonds is 8. The van der Waals surface area contributed by atoms with Crippen LogP contribution in [0.25, 0.3) is 0 Å². The number of hydrogen-bond acceptors (Lipinski definition) is 3. The highest BCUT2D eigenvalue weighted by Gasteiger charge is 2.07. The highest BCUT2D eigenvalue weighted by Crippen LogP contribution is 1.99. The lowest BCUT2D eigenvalue weighted by Crippen LogP contribution is -2.36. The van der Waals surface area contributed by atoms with Crippen molar-refractivity contribution >= 4 is 0 Å². The summed E-state index contributed by atoms with van der Waals surface area (Å²) in [6.45, 7) is 12.5. The molecule has 0 atom stereocenters. The highest BCUT2D eigenvalue weighted by molar-refractivity contribution is 4.41. The Balaban J connectivity index is 3.73. The molecule has 0 saturated heterocycles. The summed E-state index contributed by atoms with van der Waals surface area (Å²) in [6.07, 6.45) is 2.27. The monoisotopic (exact) mass is 188 g/mol. The Morgan fingerprint density at radius 3 is 1.38 bits per heavy atom. The lowest BCUT2D eigenvalue weighted by Gasteiger charge is -2.26. The Morgan fingerprint density at radius 1 is 0.769 bits per heavy atom. The van der Waals surface area contributed by atoms with Gasteiger partial charge in [-0.15, -0.1) is 0 Å². The van der Waals surface area contributed by atoms with Crippen molar-refractivity contribution in [1.82, 2.24) is 10.1 Å². The van der Waals surface area contributed by atoms with E-state index in [1.54, 1.807) is 0 Å². The van der Waals surface area contributed by atoms with Gasteiger partial charge in [0.15, 0.2) is 0 Å². The van der Waals surface area contributed by atoms with E-state index >= 15 is 0 Å². The van der Waals surface area contributed by atoms with Crippen LogP contribution in [0.4, 0.5) is 0 Å². The SMILES string of the molecule is CCCN(CC)ON(CC)CCC. The minimum atomic E-state index is 0.952. The quantitative estimate of drug-likeness (QED) is 0.544. The van der Waals surface area contributed by atoms with Crippen LogP contribution in [0.2, 0.25) is 0 Å². The fraction of sp³-hybridized carbons (Fsp3) is 1.00. The summed E-state index contributed by atoms with van der Waals surface area (Å²) in [4.78, 5) is 5.70. The second-order valence-corrected chi connectivity index (χ2v) is 3.12. The Labute approximate surface area is 82.6 Å². The third-order valence-corrected chi connectivity index (χ3v) is 1.88. The largest absolute Gasteiger partial charge is 0.208 e. The third-order valence-electron chi connectivity index (χ3n) is 1.88. The molecule has 0 aliphatic rings. The van der Waals surface area contributed by atoms with Crippen LogP contribution in [0.1, 0.15) is 40.5 Å². The van der Waals surface area contributed by atoms with Gasteiger partial charge in [-0.3, -0.25) is 0 Å². The van der Waals surface area contributed by atoms with Crippen LogP contribution < -0.4 is 0 Å². The Morgan fingerprint density at radius 2 is 1.15 bits per heavy atom. The van der Waals surface area contributed by atoms with Crippen LogP contribution in [0, 0.1) is 0 Å². The third kappa shape index (κ3) is 6.02. The summed E-state index contributed by atoms with van der Waals surface area (Å²) in [7, 11) is 0. The molecule has 0 spiro atoms. The molecule has 0 radical (unpaired) electrons. The van der Waals surface area contributed by atoms with E-state index in [1.807, 2.05) is 10.1 Å². The van der Waals surface area contributed by atoms with Gasteiger partial charge in [0.05, 0.1) is 0 Å². The summed E-state index contributed by atoms with van der Waals surface area (Å²) in [6, 6.07) is 0. The normalized spacial score (nSPS) is 11.5. The standard InChI is InChI=1S/C10H24N2O/c1-5-9-11(7-3)13-12(8-4)10-6-2/h5-10H2,1-4H3. The first-order chi connectivity index (χ1) is 6.28. The zero-order valence-corrected chi connectivity index (χ0v) is 9.55. The second-order valence-electron chi connectivity index (χ2n) is 3.12. The van der Waals surface area contributed by atoms with Crippen molar-refractivity contribution in [2.24, 2.45) is 0 Å². The first kappa shape index (κ1) is 12.9. The Kier molecular flexibility index (Phi) is 8.40. The molecule has 0 aromatic rings. The molecule has 0 fully saturated rings. The maximum Gasteiger partial charge on any atom is 0.0257 e. The van der Waals surface area contributed by atoms with Gasteiger partial charge >= 0.3 is 0 Å². The van der Waals surface area contributed by atoms with Gasteiger partial charge in [0.2, 0.25) is 0 Å². The van der Waals surface area contributed by atoms with Crippen LogP contribution in [-0.2, 0) is 4.94 Å². The molecule has 0 N–H and O–H groups in total. The Hall–Kier alpha value is -0.120. The average Bonchev–Trinajstić information content (AvgIpc) is 2.16. The van der Waals surface area contributed by atoms with Crippen molar-refractivity contribution < 1.29 is 4.94 Å². The van der Waals surface area contributed by atoms with Gasteiger partial charge in [-0.05, 0) is 12.8 Å². The maximum atomic E-state index is 5.70. The van der Waals surface area contributed by atoms with E-state index in [2.05, 4.69) is 27.7 Å². The van der Waals surface area contributed by atoms with Gasteiger partial charge in [0.25, 0.3) is 0 Å². The first-order valence-electron chi connectivity index (χ1n) is 5.46. The van der Waals surface area contributed by atoms with E-state index < -0.39 is 0 Å². The molecule has 0 aromatic heterocycles. The molecule has 0 rings (SSSR count). The van der Waals surface area contributed by atoms with Crippen LogP contribution in [0.3, 0.4) is 0 Å². The average molecular weight is 188 g/mol. The molecule has 0 aromatic carbocycles. The summed E-state index contributed by atoms with van der Waals surface area (Å²) in [5.41, 5.74) is 0. The molecule has 3 heteroatoms. The van der Waals surface area contributed by atoms with Crippen LogP contribution in [0.5, 0.6) is 0 Å². The van der Waals surface area contributed by atoms with E-state index in [9.17, 15) is 0 Å². The minimum Gasteiger partial charge on any atom is -0.208 e. The van der Waals surface area contributed by atoms with E-state index in [0.717, 1.165) is 39.0 Å². The van der Waals surface area contributed by atoms with Crippen molar-refractivity contribution in [3.05, 3.63) is 0 Å². The minimum absolute atomic E-state index is 0.952. The topological polar surface area (TPSA) is 15.7 Å². The second kappa shape index (κ2) is 8.48. The van der Waals surface area contributed by atoms with E-state index in [-0.39, 0.29) is 0 Å². The fourth-order valence-electron chi connectivity index (χ4n) is 1.18. The summed E-state index contributed by atoms with van der Waals surface area (Å²) in [5, 5.41) is 4.03. The summed E-state index contributed by atoms with van der Waals surface area (Å²) < 4.78 is 0. The van der Waals surface area contributed by atoms with Crippen LogP contribution in [-0.4, -0.2) is 36.3 Å². The lowest BCUT2D eigenvalue weighted by atomic mass is 10.5. The Bertz CT molecular complexity index is 97.1. The van der Waals surface area contributed by atoms with Gasteiger partial charge < -0.3 is 0 Å². The molecular weight excluding hydrogens is 164 g/mol. The maximum absolute atomic E-state index is 5.70. The zero-order chi connectivity index (χ0) is 10.1.